The Morgan fingerprint density at radius 2 is 2.22 bits per heavy atom. The fourth-order valence-electron chi connectivity index (χ4n) is 1.51. The van der Waals surface area contributed by atoms with E-state index in [0.717, 1.165) is 0 Å². The first kappa shape index (κ1) is 13.2. The van der Waals surface area contributed by atoms with Crippen LogP contribution in [0, 0.1) is 0 Å². The first-order valence-electron chi connectivity index (χ1n) is 5.53. The van der Waals surface area contributed by atoms with E-state index in [9.17, 15) is 4.79 Å². The van der Waals surface area contributed by atoms with Gasteiger partial charge < -0.3 is 20.5 Å². The molecule has 1 aliphatic rings. The van der Waals surface area contributed by atoms with Crippen LogP contribution in [0.4, 0.5) is 0 Å². The highest BCUT2D eigenvalue weighted by molar-refractivity contribution is 9.10. The fourth-order valence-corrected chi connectivity index (χ4v) is 2.07. The van der Waals surface area contributed by atoms with Gasteiger partial charge in [0.1, 0.15) is 0 Å². The molecule has 0 aliphatic carbocycles. The summed E-state index contributed by atoms with van der Waals surface area (Å²) in [7, 11) is 0. The number of carbonyl (C=O) groups is 1. The lowest BCUT2D eigenvalue weighted by Gasteiger charge is -2.19. The van der Waals surface area contributed by atoms with Crippen LogP contribution in [0.2, 0.25) is 0 Å². The van der Waals surface area contributed by atoms with Gasteiger partial charge in [-0.1, -0.05) is 0 Å². The maximum absolute atomic E-state index is 12.0. The summed E-state index contributed by atoms with van der Waals surface area (Å²) in [5.74, 6) is 1.01. The van der Waals surface area contributed by atoms with Crippen LogP contribution in [0.1, 0.15) is 24.2 Å². The summed E-state index contributed by atoms with van der Waals surface area (Å²) in [6.07, 6.45) is 0. The Labute approximate surface area is 114 Å². The van der Waals surface area contributed by atoms with Crippen LogP contribution in [0.25, 0.3) is 0 Å². The van der Waals surface area contributed by atoms with Crippen molar-refractivity contribution in [2.24, 2.45) is 5.73 Å². The molecule has 1 amide bonds. The number of hydrogen-bond donors (Lipinski definition) is 2. The van der Waals surface area contributed by atoms with E-state index >= 15 is 0 Å². The van der Waals surface area contributed by atoms with E-state index in [4.69, 9.17) is 15.2 Å². The normalized spacial score (nSPS) is 13.6. The largest absolute Gasteiger partial charge is 0.454 e. The zero-order valence-corrected chi connectivity index (χ0v) is 11.8. The predicted molar refractivity (Wildman–Crippen MR) is 70.9 cm³/mol. The highest BCUT2D eigenvalue weighted by Gasteiger charge is 2.21. The molecule has 98 valence electrons. The molecule has 0 atom stereocenters. The first-order valence-corrected chi connectivity index (χ1v) is 6.32. The Bertz CT molecular complexity index is 483. The van der Waals surface area contributed by atoms with Gasteiger partial charge in [-0.2, -0.15) is 0 Å². The van der Waals surface area contributed by atoms with Crippen molar-refractivity contribution >= 4 is 21.8 Å². The minimum atomic E-state index is -0.441. The van der Waals surface area contributed by atoms with Gasteiger partial charge in [-0.25, -0.2) is 0 Å². The van der Waals surface area contributed by atoms with E-state index in [-0.39, 0.29) is 12.7 Å². The lowest BCUT2D eigenvalue weighted by Crippen LogP contribution is -2.45. The third kappa shape index (κ3) is 2.94. The molecule has 5 nitrogen and oxygen atoms in total. The van der Waals surface area contributed by atoms with E-state index in [1.807, 2.05) is 13.8 Å². The zero-order valence-electron chi connectivity index (χ0n) is 10.2. The van der Waals surface area contributed by atoms with Gasteiger partial charge in [0, 0.05) is 17.6 Å². The van der Waals surface area contributed by atoms with Gasteiger partial charge in [0.25, 0.3) is 5.91 Å². The highest BCUT2D eigenvalue weighted by atomic mass is 79.9. The summed E-state index contributed by atoms with van der Waals surface area (Å²) >= 11 is 3.35. The molecule has 3 N–H and O–H groups in total. The smallest absolute Gasteiger partial charge is 0.251 e. The maximum Gasteiger partial charge on any atom is 0.251 e. The molecule has 0 aromatic heterocycles. The fraction of sp³-hybridized carbons (Fsp3) is 0.417. The Kier molecular flexibility index (Phi) is 3.49. The van der Waals surface area contributed by atoms with Crippen molar-refractivity contribution in [2.75, 3.05) is 13.3 Å². The van der Waals surface area contributed by atoms with Gasteiger partial charge in [-0.3, -0.25) is 4.79 Å². The van der Waals surface area contributed by atoms with E-state index in [2.05, 4.69) is 21.2 Å². The first-order chi connectivity index (χ1) is 8.37. The number of carbonyl (C=O) groups excluding carboxylic acids is 1. The summed E-state index contributed by atoms with van der Waals surface area (Å²) in [6, 6.07) is 3.36. The number of hydrogen-bond acceptors (Lipinski definition) is 4. The zero-order chi connectivity index (χ0) is 13.3. The molecule has 1 aromatic rings. The van der Waals surface area contributed by atoms with Crippen LogP contribution in [-0.2, 0) is 0 Å². The Balaban J connectivity index is 2.14. The van der Waals surface area contributed by atoms with Crippen LogP contribution >= 0.6 is 15.9 Å². The number of rotatable bonds is 3. The lowest BCUT2D eigenvalue weighted by molar-refractivity contribution is 0.0945. The molecular formula is C12H15BrN2O3. The SMILES string of the molecule is CC(C)(N)CNC(=O)c1cc(Br)c2c(c1)OCO2. The number of nitrogens with one attached hydrogen (secondary N) is 1. The van der Waals surface area contributed by atoms with Crippen molar-refractivity contribution in [3.8, 4) is 11.5 Å². The molecule has 1 heterocycles. The molecule has 1 aromatic carbocycles. The second-order valence-corrected chi connectivity index (χ2v) is 5.72. The van der Waals surface area contributed by atoms with Crippen molar-refractivity contribution in [1.29, 1.82) is 0 Å². The second kappa shape index (κ2) is 4.78. The van der Waals surface area contributed by atoms with Crippen LogP contribution < -0.4 is 20.5 Å². The molecule has 0 radical (unpaired) electrons. The van der Waals surface area contributed by atoms with E-state index in [0.29, 0.717) is 28.1 Å². The number of benzene rings is 1. The van der Waals surface area contributed by atoms with Crippen molar-refractivity contribution < 1.29 is 14.3 Å². The number of amides is 1. The molecule has 1 aliphatic heterocycles. The minimum absolute atomic E-state index is 0.175. The summed E-state index contributed by atoms with van der Waals surface area (Å²) in [5, 5.41) is 2.78. The van der Waals surface area contributed by atoms with Crippen LogP contribution in [-0.4, -0.2) is 24.8 Å². The van der Waals surface area contributed by atoms with E-state index in [1.54, 1.807) is 12.1 Å². The van der Waals surface area contributed by atoms with E-state index in [1.165, 1.54) is 0 Å². The van der Waals surface area contributed by atoms with Crippen molar-refractivity contribution in [1.82, 2.24) is 5.32 Å². The topological polar surface area (TPSA) is 73.6 Å². The van der Waals surface area contributed by atoms with Crippen molar-refractivity contribution in [3.05, 3.63) is 22.2 Å². The lowest BCUT2D eigenvalue weighted by atomic mass is 10.1. The quantitative estimate of drug-likeness (QED) is 0.889. The third-order valence-corrected chi connectivity index (χ3v) is 2.98. The summed E-state index contributed by atoms with van der Waals surface area (Å²) in [5.41, 5.74) is 5.88. The van der Waals surface area contributed by atoms with Gasteiger partial charge in [-0.05, 0) is 41.9 Å². The van der Waals surface area contributed by atoms with Crippen LogP contribution in [0.3, 0.4) is 0 Å². The molecule has 2 rings (SSSR count). The Hall–Kier alpha value is -1.27. The standard InChI is InChI=1S/C12H15BrN2O3/c1-12(2,14)5-15-11(16)7-3-8(13)10-9(4-7)17-6-18-10/h3-4H,5-6,14H2,1-2H3,(H,15,16). The molecule has 0 bridgehead atoms. The maximum atomic E-state index is 12.0. The summed E-state index contributed by atoms with van der Waals surface area (Å²) in [4.78, 5) is 12.0. The Morgan fingerprint density at radius 1 is 1.50 bits per heavy atom. The van der Waals surface area contributed by atoms with Crippen LogP contribution in [0.15, 0.2) is 16.6 Å². The molecule has 0 spiro atoms. The van der Waals surface area contributed by atoms with Gasteiger partial charge in [-0.15, -0.1) is 0 Å². The van der Waals surface area contributed by atoms with Gasteiger partial charge in [0.2, 0.25) is 6.79 Å². The molecule has 18 heavy (non-hydrogen) atoms. The molecule has 6 heteroatoms. The predicted octanol–water partition coefficient (Wildman–Crippen LogP) is 1.64. The third-order valence-electron chi connectivity index (χ3n) is 2.39. The van der Waals surface area contributed by atoms with Crippen molar-refractivity contribution in [2.45, 2.75) is 19.4 Å². The molecule has 0 saturated heterocycles. The Morgan fingerprint density at radius 3 is 2.89 bits per heavy atom. The molecule has 0 saturated carbocycles. The second-order valence-electron chi connectivity index (χ2n) is 4.86. The van der Waals surface area contributed by atoms with Gasteiger partial charge in [0.15, 0.2) is 11.5 Å². The average Bonchev–Trinajstić information content (AvgIpc) is 2.73. The number of ether oxygens (including phenoxy) is 2. The molecule has 0 unspecified atom stereocenters. The molecule has 0 fully saturated rings. The van der Waals surface area contributed by atoms with Gasteiger partial charge in [0.05, 0.1) is 4.47 Å². The summed E-state index contributed by atoms with van der Waals surface area (Å²) < 4.78 is 11.2. The van der Waals surface area contributed by atoms with Gasteiger partial charge >= 0.3 is 0 Å². The monoisotopic (exact) mass is 314 g/mol. The minimum Gasteiger partial charge on any atom is -0.454 e. The molecular weight excluding hydrogens is 300 g/mol. The number of nitrogens with two attached hydrogens (primary N) is 1. The number of fused-ring (bicyclic) bond motifs is 1. The van der Waals surface area contributed by atoms with Crippen LogP contribution in [0.5, 0.6) is 11.5 Å². The average molecular weight is 315 g/mol. The number of halogens is 1. The van der Waals surface area contributed by atoms with E-state index < -0.39 is 5.54 Å². The summed E-state index contributed by atoms with van der Waals surface area (Å²) in [6.45, 7) is 4.28. The van der Waals surface area contributed by atoms with Crippen molar-refractivity contribution in [3.63, 3.8) is 0 Å². The highest BCUT2D eigenvalue weighted by Crippen LogP contribution is 2.39.